The Balaban J connectivity index is 4.10. The molecule has 0 fully saturated rings. The zero-order valence-corrected chi connectivity index (χ0v) is 48.1. The number of nitrogens with zero attached hydrogens (tertiary/aromatic N) is 1. The number of phosphoric acid groups is 1. The second kappa shape index (κ2) is 54.2. The maximum absolute atomic E-state index is 12.8. The van der Waals surface area contributed by atoms with Crippen LogP contribution in [-0.4, -0.2) is 70.7 Å². The third-order valence-corrected chi connectivity index (χ3v) is 13.7. The van der Waals surface area contributed by atoms with E-state index in [1.54, 1.807) is 0 Å². The van der Waals surface area contributed by atoms with Crippen LogP contribution in [0.4, 0.5) is 0 Å². The molecule has 0 aromatic rings. The summed E-state index contributed by atoms with van der Waals surface area (Å²) < 4.78 is 34.9. The van der Waals surface area contributed by atoms with Gasteiger partial charge in [-0.05, 0) is 64.2 Å². The number of phosphoric ester groups is 1. The van der Waals surface area contributed by atoms with Gasteiger partial charge >= 0.3 is 5.97 Å². The molecule has 71 heavy (non-hydrogen) atoms. The van der Waals surface area contributed by atoms with E-state index in [1.165, 1.54) is 154 Å². The predicted octanol–water partition coefficient (Wildman–Crippen LogP) is 18.3. The lowest BCUT2D eigenvalue weighted by atomic mass is 10.0. The van der Waals surface area contributed by atoms with Crippen LogP contribution in [0.15, 0.2) is 72.9 Å². The first-order valence-corrected chi connectivity index (χ1v) is 31.1. The van der Waals surface area contributed by atoms with Crippen LogP contribution >= 0.6 is 7.82 Å². The summed E-state index contributed by atoms with van der Waals surface area (Å²) in [5.74, 6) is -0.338. The van der Waals surface area contributed by atoms with E-state index in [0.29, 0.717) is 24.1 Å². The molecule has 0 amide bonds. The first kappa shape index (κ1) is 68.9. The Hall–Kier alpha value is -2.06. The van der Waals surface area contributed by atoms with Crippen LogP contribution in [0.5, 0.6) is 0 Å². The molecular formula is C62H114NO7P. The van der Waals surface area contributed by atoms with Crippen LogP contribution in [0.25, 0.3) is 0 Å². The van der Waals surface area contributed by atoms with Crippen LogP contribution in [0.1, 0.15) is 258 Å². The maximum atomic E-state index is 12.8. The van der Waals surface area contributed by atoms with Crippen molar-refractivity contribution in [3.05, 3.63) is 72.9 Å². The minimum absolute atomic E-state index is 0.0201. The number of likely N-dealkylation sites (N-methyl/N-ethyl adjacent to an activating group) is 1. The molecule has 0 aliphatic rings. The second-order valence-electron chi connectivity index (χ2n) is 21.0. The summed E-state index contributed by atoms with van der Waals surface area (Å²) in [5, 5.41) is 0. The summed E-state index contributed by atoms with van der Waals surface area (Å²) in [6, 6.07) is 0. The van der Waals surface area contributed by atoms with Gasteiger partial charge in [-0.1, -0.05) is 260 Å². The summed E-state index contributed by atoms with van der Waals surface area (Å²) in [6.07, 6.45) is 72.4. The average Bonchev–Trinajstić information content (AvgIpc) is 3.33. The van der Waals surface area contributed by atoms with Crippen molar-refractivity contribution in [3.8, 4) is 0 Å². The van der Waals surface area contributed by atoms with Gasteiger partial charge in [0.1, 0.15) is 19.3 Å². The second-order valence-corrected chi connectivity index (χ2v) is 22.4. The van der Waals surface area contributed by atoms with Gasteiger partial charge in [0.15, 0.2) is 0 Å². The van der Waals surface area contributed by atoms with Crippen LogP contribution in [0, 0.1) is 0 Å². The quantitative estimate of drug-likeness (QED) is 0.0197. The van der Waals surface area contributed by atoms with Crippen molar-refractivity contribution in [2.45, 2.75) is 264 Å². The lowest BCUT2D eigenvalue weighted by molar-refractivity contribution is -0.870. The van der Waals surface area contributed by atoms with Gasteiger partial charge in [-0.25, -0.2) is 0 Å². The molecule has 0 bridgehead atoms. The summed E-state index contributed by atoms with van der Waals surface area (Å²) in [6.45, 7) is 5.28. The summed E-state index contributed by atoms with van der Waals surface area (Å²) in [7, 11) is 1.34. The molecule has 0 aliphatic heterocycles. The fourth-order valence-electron chi connectivity index (χ4n) is 8.26. The largest absolute Gasteiger partial charge is 0.756 e. The van der Waals surface area contributed by atoms with Gasteiger partial charge in [0.2, 0.25) is 0 Å². The van der Waals surface area contributed by atoms with E-state index >= 15 is 0 Å². The molecule has 0 saturated heterocycles. The van der Waals surface area contributed by atoms with Gasteiger partial charge in [-0.15, -0.1) is 0 Å². The normalized spacial score (nSPS) is 13.9. The van der Waals surface area contributed by atoms with E-state index in [-0.39, 0.29) is 25.8 Å². The number of quaternary nitrogens is 1. The number of unbranched alkanes of at least 4 members (excludes halogenated alkanes) is 29. The number of rotatable bonds is 55. The lowest BCUT2D eigenvalue weighted by Crippen LogP contribution is -2.37. The molecule has 0 rings (SSSR count). The fourth-order valence-corrected chi connectivity index (χ4v) is 8.99. The maximum Gasteiger partial charge on any atom is 0.306 e. The Morgan fingerprint density at radius 3 is 1.23 bits per heavy atom. The highest BCUT2D eigenvalue weighted by atomic mass is 31.2. The van der Waals surface area contributed by atoms with E-state index < -0.39 is 13.9 Å². The highest BCUT2D eigenvalue weighted by Crippen LogP contribution is 2.38. The van der Waals surface area contributed by atoms with Gasteiger partial charge in [-0.2, -0.15) is 0 Å². The smallest absolute Gasteiger partial charge is 0.306 e. The van der Waals surface area contributed by atoms with Gasteiger partial charge in [0.05, 0.1) is 34.4 Å². The minimum atomic E-state index is -4.54. The van der Waals surface area contributed by atoms with Crippen molar-refractivity contribution in [2.75, 3.05) is 54.1 Å². The zero-order valence-electron chi connectivity index (χ0n) is 47.2. The highest BCUT2D eigenvalue weighted by Gasteiger charge is 2.20. The van der Waals surface area contributed by atoms with E-state index in [4.69, 9.17) is 18.5 Å². The Morgan fingerprint density at radius 1 is 0.451 bits per heavy atom. The first-order chi connectivity index (χ1) is 34.6. The number of carbonyl (C=O) groups is 1. The Morgan fingerprint density at radius 2 is 0.817 bits per heavy atom. The van der Waals surface area contributed by atoms with Crippen molar-refractivity contribution < 1.29 is 37.3 Å². The molecule has 0 heterocycles. The number of esters is 1. The minimum Gasteiger partial charge on any atom is -0.756 e. The van der Waals surface area contributed by atoms with E-state index in [9.17, 15) is 14.3 Å². The van der Waals surface area contributed by atoms with Gasteiger partial charge in [-0.3, -0.25) is 9.36 Å². The number of hydrogen-bond donors (Lipinski definition) is 0. The highest BCUT2D eigenvalue weighted by molar-refractivity contribution is 7.45. The van der Waals surface area contributed by atoms with Crippen molar-refractivity contribution in [1.29, 1.82) is 0 Å². The van der Waals surface area contributed by atoms with Crippen molar-refractivity contribution in [3.63, 3.8) is 0 Å². The van der Waals surface area contributed by atoms with Gasteiger partial charge in [0.25, 0.3) is 7.82 Å². The molecular weight excluding hydrogens is 902 g/mol. The van der Waals surface area contributed by atoms with E-state index in [2.05, 4.69) is 86.8 Å². The molecule has 0 aliphatic carbocycles. The average molecular weight is 1020 g/mol. The zero-order chi connectivity index (χ0) is 51.9. The number of ether oxygens (including phenoxy) is 2. The van der Waals surface area contributed by atoms with E-state index in [1.807, 2.05) is 21.1 Å². The number of allylic oxidation sites excluding steroid dienone is 12. The number of carbonyl (C=O) groups excluding carboxylic acids is 1. The summed E-state index contributed by atoms with van der Waals surface area (Å²) >= 11 is 0. The fraction of sp³-hybridized carbons (Fsp3) is 0.790. The number of hydrogen-bond acceptors (Lipinski definition) is 7. The summed E-state index contributed by atoms with van der Waals surface area (Å²) in [5.41, 5.74) is 0. The SMILES string of the molecule is CC/C=C\C/C=C\C/C=C\C/C=C\C/C=C\C/C=C\CCCCCCCOCC(COP(=O)([O-])OCC[N+](C)(C)C)OC(=O)CCCCCCCCCCCCCCCCCCCCCCCCCCC. The van der Waals surface area contributed by atoms with Gasteiger partial charge < -0.3 is 27.9 Å². The van der Waals surface area contributed by atoms with Crippen LogP contribution < -0.4 is 4.89 Å². The molecule has 0 aromatic heterocycles. The Labute approximate surface area is 440 Å². The van der Waals surface area contributed by atoms with Crippen LogP contribution in [0.3, 0.4) is 0 Å². The first-order valence-electron chi connectivity index (χ1n) is 29.7. The summed E-state index contributed by atoms with van der Waals surface area (Å²) in [4.78, 5) is 25.3. The monoisotopic (exact) mass is 1020 g/mol. The topological polar surface area (TPSA) is 94.1 Å². The molecule has 0 saturated carbocycles. The third kappa shape index (κ3) is 58.7. The predicted molar refractivity (Wildman–Crippen MR) is 305 cm³/mol. The Bertz CT molecular complexity index is 1370. The van der Waals surface area contributed by atoms with Crippen molar-refractivity contribution in [2.24, 2.45) is 0 Å². The van der Waals surface area contributed by atoms with Gasteiger partial charge in [0, 0.05) is 13.0 Å². The lowest BCUT2D eigenvalue weighted by Gasteiger charge is -2.28. The molecule has 2 atom stereocenters. The standard InChI is InChI=1S/C62H114NO7P/c1-6-8-10-12-14-16-18-20-22-24-26-28-30-32-33-35-37-39-41-43-45-47-49-51-53-55-62(64)70-61(60-69-71(65,66)68-58-56-63(3,4)5)59-67-57-54-52-50-48-46-44-42-40-38-36-34-31-29-27-25-23-21-19-17-15-13-11-9-7-2/h9,11,15,17,21,23,27,29,34,36,40,42,61H,6-8,10,12-14,16,18-20,22,24-26,28,30-33,35,37-39,41,43-60H2,1-5H3/b11-9-,17-15-,23-21-,29-27-,36-34-,42-40-. The third-order valence-electron chi connectivity index (χ3n) is 12.8. The molecule has 0 radical (unpaired) electrons. The molecule has 8 nitrogen and oxygen atoms in total. The molecule has 2 unspecified atom stereocenters. The van der Waals surface area contributed by atoms with Crippen LogP contribution in [-0.2, 0) is 27.9 Å². The van der Waals surface area contributed by atoms with Crippen LogP contribution in [0.2, 0.25) is 0 Å². The van der Waals surface area contributed by atoms with E-state index in [0.717, 1.165) is 83.5 Å². The van der Waals surface area contributed by atoms with Crippen molar-refractivity contribution in [1.82, 2.24) is 0 Å². The molecule has 0 spiro atoms. The van der Waals surface area contributed by atoms with Crippen molar-refractivity contribution >= 4 is 13.8 Å². The molecule has 0 aromatic carbocycles. The molecule has 0 N–H and O–H groups in total. The Kier molecular flexibility index (Phi) is 52.6. The molecule has 414 valence electrons. The molecule has 9 heteroatoms.